The Labute approximate surface area is 185 Å². The summed E-state index contributed by atoms with van der Waals surface area (Å²) in [5, 5.41) is 4.20. The Bertz CT molecular complexity index is 1160. The molecule has 0 bridgehead atoms. The molecule has 2 aromatic carbocycles. The Morgan fingerprint density at radius 3 is 2.58 bits per heavy atom. The number of nitrogens with two attached hydrogens (primary N) is 1. The molecule has 3 aromatic rings. The van der Waals surface area contributed by atoms with E-state index in [-0.39, 0.29) is 6.54 Å². The van der Waals surface area contributed by atoms with Gasteiger partial charge in [0.15, 0.2) is 6.61 Å². The molecule has 0 unspecified atom stereocenters. The number of halogens is 1. The van der Waals surface area contributed by atoms with Crippen molar-refractivity contribution in [3.8, 4) is 0 Å². The second-order valence-corrected chi connectivity index (χ2v) is 7.38. The summed E-state index contributed by atoms with van der Waals surface area (Å²) < 4.78 is 6.84. The molecule has 0 saturated heterocycles. The fraction of sp³-hybridized carbons (Fsp3) is 0.174. The minimum absolute atomic E-state index is 0.0375. The van der Waals surface area contributed by atoms with E-state index in [0.717, 1.165) is 16.6 Å². The summed E-state index contributed by atoms with van der Waals surface area (Å²) in [5.41, 5.74) is 8.78. The Morgan fingerprint density at radius 1 is 1.13 bits per heavy atom. The minimum Gasteiger partial charge on any atom is -0.454 e. The summed E-state index contributed by atoms with van der Waals surface area (Å²) in [5.74, 6) is -1.05. The van der Waals surface area contributed by atoms with E-state index in [9.17, 15) is 9.59 Å². The molecule has 1 amide bonds. The number of nitrogens with one attached hydrogen (secondary N) is 1. The Kier molecular flexibility index (Phi) is 7.10. The molecule has 0 fully saturated rings. The predicted molar refractivity (Wildman–Crippen MR) is 122 cm³/mol. The van der Waals surface area contributed by atoms with Gasteiger partial charge < -0.3 is 20.4 Å². The Balaban J connectivity index is 1.59. The second-order valence-electron chi connectivity index (χ2n) is 6.95. The summed E-state index contributed by atoms with van der Waals surface area (Å²) in [7, 11) is 0. The maximum absolute atomic E-state index is 12.3. The Hall–Kier alpha value is -3.58. The molecule has 0 spiro atoms. The first-order valence-corrected chi connectivity index (χ1v) is 9.98. The van der Waals surface area contributed by atoms with E-state index in [1.165, 1.54) is 0 Å². The van der Waals surface area contributed by atoms with Crippen molar-refractivity contribution in [2.24, 2.45) is 10.7 Å². The number of carbonyl (C=O) groups excluding carboxylic acids is 2. The summed E-state index contributed by atoms with van der Waals surface area (Å²) in [6, 6.07) is 16.6. The fourth-order valence-electron chi connectivity index (χ4n) is 3.03. The molecule has 31 heavy (non-hydrogen) atoms. The van der Waals surface area contributed by atoms with Crippen molar-refractivity contribution < 1.29 is 14.3 Å². The van der Waals surface area contributed by atoms with Crippen molar-refractivity contribution in [2.45, 2.75) is 20.4 Å². The number of aliphatic imine (C=N–C) groups is 1. The van der Waals surface area contributed by atoms with Gasteiger partial charge in [-0.05, 0) is 49.6 Å². The number of ether oxygens (including phenoxy) is 1. The molecule has 0 aliphatic carbocycles. The lowest BCUT2D eigenvalue weighted by atomic mass is 10.2. The van der Waals surface area contributed by atoms with Gasteiger partial charge in [-0.1, -0.05) is 35.9 Å². The molecule has 0 radical (unpaired) electrons. The zero-order valence-corrected chi connectivity index (χ0v) is 18.0. The van der Waals surface area contributed by atoms with Crippen LogP contribution in [0.3, 0.4) is 0 Å². The summed E-state index contributed by atoms with van der Waals surface area (Å²) >= 11 is 6.03. The zero-order chi connectivity index (χ0) is 22.4. The standard InChI is InChI=1S/C23H23ClN4O3/c1-15(25)23(16(2)26-19-6-4-3-5-7-19)27-21(29)14-31-22(30)13-28-11-10-17-8-9-18(24)12-20(17)28/h3-12H,13-14,25H2,1-2H3,(H,27,29). The molecule has 3 N–H and O–H groups in total. The molecule has 0 saturated carbocycles. The van der Waals surface area contributed by atoms with Crippen molar-refractivity contribution in [3.63, 3.8) is 0 Å². The maximum Gasteiger partial charge on any atom is 0.326 e. The number of nitrogens with zero attached hydrogens (tertiary/aromatic N) is 2. The fourth-order valence-corrected chi connectivity index (χ4v) is 3.19. The van der Waals surface area contributed by atoms with Crippen molar-refractivity contribution in [3.05, 3.63) is 77.2 Å². The van der Waals surface area contributed by atoms with Gasteiger partial charge >= 0.3 is 5.97 Å². The third-order valence-electron chi connectivity index (χ3n) is 4.47. The highest BCUT2D eigenvalue weighted by Crippen LogP contribution is 2.20. The molecule has 0 atom stereocenters. The van der Waals surface area contributed by atoms with E-state index in [1.54, 1.807) is 36.7 Å². The van der Waals surface area contributed by atoms with E-state index < -0.39 is 18.5 Å². The molecule has 1 heterocycles. The van der Waals surface area contributed by atoms with Crippen molar-refractivity contribution in [1.82, 2.24) is 9.88 Å². The predicted octanol–water partition coefficient (Wildman–Crippen LogP) is 3.94. The van der Waals surface area contributed by atoms with Gasteiger partial charge in [0, 0.05) is 16.9 Å². The summed E-state index contributed by atoms with van der Waals surface area (Å²) in [6.07, 6.45) is 1.77. The van der Waals surface area contributed by atoms with Gasteiger partial charge in [-0.3, -0.25) is 14.6 Å². The smallest absolute Gasteiger partial charge is 0.326 e. The summed E-state index contributed by atoms with van der Waals surface area (Å²) in [4.78, 5) is 29.0. The quantitative estimate of drug-likeness (QED) is 0.431. The van der Waals surface area contributed by atoms with Crippen molar-refractivity contribution in [1.29, 1.82) is 0 Å². The number of para-hydroxylation sites is 1. The first-order valence-electron chi connectivity index (χ1n) is 9.60. The highest BCUT2D eigenvalue weighted by atomic mass is 35.5. The largest absolute Gasteiger partial charge is 0.454 e. The number of amides is 1. The van der Waals surface area contributed by atoms with Gasteiger partial charge in [-0.2, -0.15) is 0 Å². The molecule has 7 nitrogen and oxygen atoms in total. The van der Waals surface area contributed by atoms with Crippen LogP contribution in [0.5, 0.6) is 0 Å². The molecule has 160 valence electrons. The maximum atomic E-state index is 12.3. The first-order chi connectivity index (χ1) is 14.8. The molecule has 8 heteroatoms. The van der Waals surface area contributed by atoms with E-state index >= 15 is 0 Å². The second kappa shape index (κ2) is 9.95. The molecular weight excluding hydrogens is 416 g/mol. The zero-order valence-electron chi connectivity index (χ0n) is 17.3. The van der Waals surface area contributed by atoms with Crippen LogP contribution >= 0.6 is 11.6 Å². The third-order valence-corrected chi connectivity index (χ3v) is 4.71. The lowest BCUT2D eigenvalue weighted by Gasteiger charge is -2.12. The van der Waals surface area contributed by atoms with Crippen LogP contribution in [0.2, 0.25) is 5.02 Å². The van der Waals surface area contributed by atoms with Gasteiger partial charge in [0.25, 0.3) is 5.91 Å². The number of rotatable bonds is 7. The minimum atomic E-state index is -0.544. The molecular formula is C23H23ClN4O3. The number of carbonyl (C=O) groups is 2. The van der Waals surface area contributed by atoms with Crippen molar-refractivity contribution >= 4 is 45.8 Å². The summed E-state index contributed by atoms with van der Waals surface area (Å²) in [6.45, 7) is 2.93. The van der Waals surface area contributed by atoms with Crippen molar-refractivity contribution in [2.75, 3.05) is 6.61 Å². The highest BCUT2D eigenvalue weighted by Gasteiger charge is 2.14. The first kappa shape index (κ1) is 22.1. The normalized spacial score (nSPS) is 12.4. The number of aromatic nitrogens is 1. The average molecular weight is 439 g/mol. The van der Waals surface area contributed by atoms with Gasteiger partial charge in [0.2, 0.25) is 0 Å². The Morgan fingerprint density at radius 2 is 1.87 bits per heavy atom. The van der Waals surface area contributed by atoms with E-state index in [1.807, 2.05) is 42.5 Å². The van der Waals surface area contributed by atoms with Gasteiger partial charge in [-0.15, -0.1) is 0 Å². The number of fused-ring (bicyclic) bond motifs is 1. The van der Waals surface area contributed by atoms with Crippen LogP contribution in [0.1, 0.15) is 13.8 Å². The topological polar surface area (TPSA) is 98.7 Å². The number of esters is 1. The van der Waals surface area contributed by atoms with Crippen LogP contribution in [0, 0.1) is 0 Å². The average Bonchev–Trinajstić information content (AvgIpc) is 3.12. The number of allylic oxidation sites excluding steroid dienone is 2. The van der Waals surface area contributed by atoms with E-state index in [4.69, 9.17) is 22.1 Å². The van der Waals surface area contributed by atoms with Crippen LogP contribution in [0.25, 0.3) is 10.9 Å². The van der Waals surface area contributed by atoms with Crippen LogP contribution in [-0.4, -0.2) is 28.8 Å². The number of hydrogen-bond donors (Lipinski definition) is 2. The van der Waals surface area contributed by atoms with E-state index in [0.29, 0.717) is 22.1 Å². The highest BCUT2D eigenvalue weighted by molar-refractivity contribution is 6.31. The van der Waals surface area contributed by atoms with Crippen LogP contribution < -0.4 is 11.1 Å². The van der Waals surface area contributed by atoms with Gasteiger partial charge in [0.05, 0.1) is 22.6 Å². The number of benzene rings is 2. The van der Waals surface area contributed by atoms with Crippen LogP contribution in [0.4, 0.5) is 5.69 Å². The molecule has 0 aliphatic heterocycles. The van der Waals surface area contributed by atoms with Gasteiger partial charge in [-0.25, -0.2) is 0 Å². The lowest BCUT2D eigenvalue weighted by molar-refractivity contribution is -0.148. The SMILES string of the molecule is CC(=Nc1ccccc1)C(NC(=O)COC(=O)Cn1ccc2ccc(Cl)cc21)=C(C)N. The third kappa shape index (κ3) is 5.96. The van der Waals surface area contributed by atoms with E-state index in [2.05, 4.69) is 10.3 Å². The lowest BCUT2D eigenvalue weighted by Crippen LogP contribution is -2.33. The van der Waals surface area contributed by atoms with Crippen LogP contribution in [-0.2, 0) is 20.9 Å². The van der Waals surface area contributed by atoms with Crippen LogP contribution in [0.15, 0.2) is 77.2 Å². The molecule has 1 aromatic heterocycles. The number of hydrogen-bond acceptors (Lipinski definition) is 5. The van der Waals surface area contributed by atoms with Gasteiger partial charge in [0.1, 0.15) is 6.54 Å². The molecule has 0 aliphatic rings. The monoisotopic (exact) mass is 438 g/mol. The molecule has 3 rings (SSSR count).